The van der Waals surface area contributed by atoms with Gasteiger partial charge in [0.05, 0.1) is 19.8 Å². The van der Waals surface area contributed by atoms with Crippen LogP contribution < -0.4 is 5.32 Å². The summed E-state index contributed by atoms with van der Waals surface area (Å²) in [5.41, 5.74) is 0. The maximum atomic E-state index is 12.4. The van der Waals surface area contributed by atoms with Crippen LogP contribution in [0, 0.1) is 0 Å². The summed E-state index contributed by atoms with van der Waals surface area (Å²) in [7, 11) is 6.24. The third kappa shape index (κ3) is 5.79. The number of hydrogen-bond donors (Lipinski definition) is 1. The zero-order valence-corrected chi connectivity index (χ0v) is 17.8. The Morgan fingerprint density at radius 3 is 2.39 bits per heavy atom. The predicted octanol–water partition coefficient (Wildman–Crippen LogP) is -1.72. The molecule has 0 radical (unpaired) electrons. The molecule has 3 heterocycles. The summed E-state index contributed by atoms with van der Waals surface area (Å²) in [4.78, 5) is 28.2. The van der Waals surface area contributed by atoms with Gasteiger partial charge < -0.3 is 24.8 Å². The molecule has 3 aliphatic heterocycles. The number of nitrogens with one attached hydrogen (secondary N) is 1. The number of hydrogen-bond acceptors (Lipinski definition) is 6. The molecule has 0 bridgehead atoms. The van der Waals surface area contributed by atoms with E-state index in [2.05, 4.69) is 44.0 Å². The van der Waals surface area contributed by atoms with E-state index in [0.29, 0.717) is 25.8 Å². The first-order chi connectivity index (χ1) is 13.6. The molecular formula is C19H37N7O2. The smallest absolute Gasteiger partial charge is 0.236 e. The number of morpholine rings is 1. The van der Waals surface area contributed by atoms with E-state index in [-0.39, 0.29) is 5.91 Å². The van der Waals surface area contributed by atoms with Crippen LogP contribution in [-0.2, 0) is 9.53 Å². The second-order valence-corrected chi connectivity index (χ2v) is 8.08. The van der Waals surface area contributed by atoms with E-state index >= 15 is 0 Å². The zero-order valence-electron chi connectivity index (χ0n) is 17.8. The number of amides is 1. The number of carbonyl (C=O) groups excluding carboxylic acids is 1. The van der Waals surface area contributed by atoms with Gasteiger partial charge in [0.1, 0.15) is 0 Å². The lowest BCUT2D eigenvalue weighted by molar-refractivity contribution is -0.136. The molecule has 9 nitrogen and oxygen atoms in total. The van der Waals surface area contributed by atoms with Gasteiger partial charge in [0.2, 0.25) is 5.91 Å². The summed E-state index contributed by atoms with van der Waals surface area (Å²) in [5.74, 6) is 1.20. The van der Waals surface area contributed by atoms with Gasteiger partial charge in [-0.15, -0.1) is 0 Å². The Hall–Kier alpha value is -1.42. The largest absolute Gasteiger partial charge is 0.378 e. The van der Waals surface area contributed by atoms with Crippen molar-refractivity contribution in [2.24, 2.45) is 4.99 Å². The van der Waals surface area contributed by atoms with Gasteiger partial charge in [-0.2, -0.15) is 0 Å². The van der Waals surface area contributed by atoms with Crippen LogP contribution in [0.5, 0.6) is 0 Å². The van der Waals surface area contributed by atoms with Crippen LogP contribution in [0.2, 0.25) is 0 Å². The topological polar surface area (TPSA) is 66.9 Å². The fraction of sp³-hybridized carbons (Fsp3) is 0.895. The molecule has 1 amide bonds. The lowest BCUT2D eigenvalue weighted by Crippen LogP contribution is -2.58. The third-order valence-corrected chi connectivity index (χ3v) is 6.08. The minimum atomic E-state index is 0.226. The van der Waals surface area contributed by atoms with Crippen LogP contribution in [-0.4, -0.2) is 149 Å². The second kappa shape index (κ2) is 10.4. The quantitative estimate of drug-likeness (QED) is 0.449. The molecule has 1 N–H and O–H groups in total. The van der Waals surface area contributed by atoms with Gasteiger partial charge in [-0.3, -0.25) is 19.6 Å². The van der Waals surface area contributed by atoms with Crippen LogP contribution in [0.15, 0.2) is 4.99 Å². The molecule has 0 aromatic rings. The molecule has 0 aliphatic carbocycles. The van der Waals surface area contributed by atoms with Crippen molar-refractivity contribution in [3.63, 3.8) is 0 Å². The van der Waals surface area contributed by atoms with Gasteiger partial charge >= 0.3 is 0 Å². The summed E-state index contributed by atoms with van der Waals surface area (Å²) in [5, 5.41) is 3.57. The normalized spacial score (nSPS) is 26.5. The third-order valence-electron chi connectivity index (χ3n) is 6.08. The molecule has 1 unspecified atom stereocenters. The lowest BCUT2D eigenvalue weighted by atomic mass is 10.2. The van der Waals surface area contributed by atoms with Gasteiger partial charge in [0.15, 0.2) is 5.96 Å². The highest BCUT2D eigenvalue weighted by molar-refractivity contribution is 5.80. The van der Waals surface area contributed by atoms with Crippen molar-refractivity contribution in [2.75, 3.05) is 106 Å². The number of likely N-dealkylation sites (N-methyl/N-ethyl adjacent to an activating group) is 2. The highest BCUT2D eigenvalue weighted by Crippen LogP contribution is 2.07. The standard InChI is InChI=1S/C19H37N7O2/c1-20-19(21-14-17-15-22(2)4-5-23(17)3)26-8-6-24(7-9-26)16-18(27)25-10-12-28-13-11-25/h17H,4-16H2,1-3H3,(H,20,21). The van der Waals surface area contributed by atoms with E-state index in [9.17, 15) is 4.79 Å². The molecule has 9 heteroatoms. The van der Waals surface area contributed by atoms with E-state index in [0.717, 1.165) is 71.4 Å². The number of aliphatic imine (C=N–C) groups is 1. The van der Waals surface area contributed by atoms with Crippen LogP contribution >= 0.6 is 0 Å². The first-order valence-corrected chi connectivity index (χ1v) is 10.5. The van der Waals surface area contributed by atoms with E-state index < -0.39 is 0 Å². The Kier molecular flexibility index (Phi) is 7.90. The van der Waals surface area contributed by atoms with E-state index in [1.165, 1.54) is 0 Å². The molecule has 0 aromatic carbocycles. The first kappa shape index (κ1) is 21.3. The van der Waals surface area contributed by atoms with Crippen molar-refractivity contribution in [1.82, 2.24) is 29.8 Å². The van der Waals surface area contributed by atoms with Crippen molar-refractivity contribution in [2.45, 2.75) is 6.04 Å². The average molecular weight is 396 g/mol. The maximum absolute atomic E-state index is 12.4. The highest BCUT2D eigenvalue weighted by atomic mass is 16.5. The molecule has 0 aromatic heterocycles. The number of ether oxygens (including phenoxy) is 1. The molecule has 160 valence electrons. The molecule has 28 heavy (non-hydrogen) atoms. The highest BCUT2D eigenvalue weighted by Gasteiger charge is 2.26. The van der Waals surface area contributed by atoms with Gasteiger partial charge in [-0.1, -0.05) is 0 Å². The molecule has 0 spiro atoms. The number of guanidine groups is 1. The Bertz CT molecular complexity index is 530. The molecule has 1 atom stereocenters. The van der Waals surface area contributed by atoms with E-state index in [4.69, 9.17) is 4.74 Å². The minimum Gasteiger partial charge on any atom is -0.378 e. The number of piperazine rings is 2. The minimum absolute atomic E-state index is 0.226. The van der Waals surface area contributed by atoms with E-state index in [1.807, 2.05) is 11.9 Å². The maximum Gasteiger partial charge on any atom is 0.236 e. The number of carbonyl (C=O) groups is 1. The van der Waals surface area contributed by atoms with Crippen molar-refractivity contribution in [3.05, 3.63) is 0 Å². The lowest BCUT2D eigenvalue weighted by Gasteiger charge is -2.40. The number of nitrogens with zero attached hydrogens (tertiary/aromatic N) is 6. The Balaban J connectivity index is 1.40. The Morgan fingerprint density at radius 1 is 1.00 bits per heavy atom. The van der Waals surface area contributed by atoms with Crippen molar-refractivity contribution in [1.29, 1.82) is 0 Å². The van der Waals surface area contributed by atoms with Gasteiger partial charge in [-0.05, 0) is 14.1 Å². The summed E-state index contributed by atoms with van der Waals surface area (Å²) in [6.45, 7) is 11.1. The summed E-state index contributed by atoms with van der Waals surface area (Å²) in [6, 6.07) is 0.503. The molecule has 3 rings (SSSR count). The summed E-state index contributed by atoms with van der Waals surface area (Å²) in [6.07, 6.45) is 0. The summed E-state index contributed by atoms with van der Waals surface area (Å²) < 4.78 is 5.33. The van der Waals surface area contributed by atoms with Crippen LogP contribution in [0.3, 0.4) is 0 Å². The molecule has 0 saturated carbocycles. The van der Waals surface area contributed by atoms with E-state index in [1.54, 1.807) is 0 Å². The average Bonchev–Trinajstić information content (AvgIpc) is 2.72. The fourth-order valence-corrected chi connectivity index (χ4v) is 4.09. The zero-order chi connectivity index (χ0) is 19.9. The Morgan fingerprint density at radius 2 is 1.71 bits per heavy atom. The second-order valence-electron chi connectivity index (χ2n) is 8.08. The van der Waals surface area contributed by atoms with Gasteiger partial charge in [-0.25, -0.2) is 0 Å². The first-order valence-electron chi connectivity index (χ1n) is 10.5. The van der Waals surface area contributed by atoms with Gasteiger partial charge in [0, 0.05) is 78.5 Å². The monoisotopic (exact) mass is 395 g/mol. The van der Waals surface area contributed by atoms with Crippen LogP contribution in [0.1, 0.15) is 0 Å². The summed E-state index contributed by atoms with van der Waals surface area (Å²) >= 11 is 0. The van der Waals surface area contributed by atoms with Crippen molar-refractivity contribution >= 4 is 11.9 Å². The molecule has 3 aliphatic rings. The van der Waals surface area contributed by atoms with Crippen LogP contribution in [0.25, 0.3) is 0 Å². The fourth-order valence-electron chi connectivity index (χ4n) is 4.09. The van der Waals surface area contributed by atoms with Crippen molar-refractivity contribution in [3.8, 4) is 0 Å². The predicted molar refractivity (Wildman–Crippen MR) is 111 cm³/mol. The number of rotatable bonds is 4. The SMILES string of the molecule is CN=C(NCC1CN(C)CCN1C)N1CCN(CC(=O)N2CCOCC2)CC1. The van der Waals surface area contributed by atoms with Gasteiger partial charge in [0.25, 0.3) is 0 Å². The van der Waals surface area contributed by atoms with Crippen molar-refractivity contribution < 1.29 is 9.53 Å². The Labute approximate surface area is 169 Å². The molecular weight excluding hydrogens is 358 g/mol. The molecule has 3 saturated heterocycles. The molecule has 3 fully saturated rings. The van der Waals surface area contributed by atoms with Crippen LogP contribution in [0.4, 0.5) is 0 Å².